The third kappa shape index (κ3) is 4.67. The van der Waals surface area contributed by atoms with Gasteiger partial charge in [0.15, 0.2) is 6.29 Å². The molecular formula is C20H24O6. The Labute approximate surface area is 152 Å². The number of hydrogen-bond acceptors (Lipinski definition) is 6. The van der Waals surface area contributed by atoms with Crippen molar-refractivity contribution in [2.24, 2.45) is 0 Å². The second-order valence-electron chi connectivity index (χ2n) is 6.26. The molecule has 2 aromatic carbocycles. The molecule has 6 nitrogen and oxygen atoms in total. The maximum atomic E-state index is 10.5. The average Bonchev–Trinajstić information content (AvgIpc) is 2.69. The van der Waals surface area contributed by atoms with Crippen LogP contribution in [-0.4, -0.2) is 52.6 Å². The molecule has 0 aliphatic carbocycles. The van der Waals surface area contributed by atoms with Crippen LogP contribution in [0.25, 0.3) is 0 Å². The number of aliphatic hydroxyl groups excluding tert-OH is 3. The lowest BCUT2D eigenvalue weighted by atomic mass is 9.98. The minimum Gasteiger partial charge on any atom is -0.394 e. The Balaban J connectivity index is 1.69. The molecule has 5 atom stereocenters. The van der Waals surface area contributed by atoms with E-state index in [1.165, 1.54) is 0 Å². The second kappa shape index (κ2) is 9.23. The molecule has 6 heteroatoms. The van der Waals surface area contributed by atoms with Crippen molar-refractivity contribution in [2.45, 2.75) is 43.9 Å². The van der Waals surface area contributed by atoms with Gasteiger partial charge in [-0.25, -0.2) is 0 Å². The van der Waals surface area contributed by atoms with Gasteiger partial charge in [-0.1, -0.05) is 60.7 Å². The molecule has 0 saturated carbocycles. The topological polar surface area (TPSA) is 88.4 Å². The maximum absolute atomic E-state index is 10.5. The highest BCUT2D eigenvalue weighted by Crippen LogP contribution is 2.26. The summed E-state index contributed by atoms with van der Waals surface area (Å²) in [6.07, 6.45) is -5.06. The highest BCUT2D eigenvalue weighted by Gasteiger charge is 2.46. The van der Waals surface area contributed by atoms with E-state index < -0.39 is 37.3 Å². The maximum Gasteiger partial charge on any atom is 0.184 e. The van der Waals surface area contributed by atoms with Crippen LogP contribution in [0.2, 0.25) is 0 Å². The monoisotopic (exact) mass is 360 g/mol. The van der Waals surface area contributed by atoms with Crippen LogP contribution in [0.3, 0.4) is 0 Å². The van der Waals surface area contributed by atoms with Crippen LogP contribution in [0.4, 0.5) is 0 Å². The largest absolute Gasteiger partial charge is 0.394 e. The van der Waals surface area contributed by atoms with Gasteiger partial charge in [-0.2, -0.15) is 0 Å². The van der Waals surface area contributed by atoms with E-state index in [9.17, 15) is 15.3 Å². The molecule has 0 bridgehead atoms. The first-order valence-electron chi connectivity index (χ1n) is 8.62. The molecule has 2 aromatic rings. The highest BCUT2D eigenvalue weighted by molar-refractivity contribution is 5.14. The van der Waals surface area contributed by atoms with Gasteiger partial charge < -0.3 is 29.5 Å². The van der Waals surface area contributed by atoms with Crippen molar-refractivity contribution in [3.05, 3.63) is 71.8 Å². The van der Waals surface area contributed by atoms with E-state index in [0.29, 0.717) is 0 Å². The molecule has 1 aliphatic rings. The predicted octanol–water partition coefficient (Wildman–Crippen LogP) is 1.23. The quantitative estimate of drug-likeness (QED) is 0.688. The molecule has 1 fully saturated rings. The lowest BCUT2D eigenvalue weighted by Gasteiger charge is -2.42. The molecule has 0 spiro atoms. The Hall–Kier alpha value is -1.80. The Kier molecular flexibility index (Phi) is 6.73. The minimum atomic E-state index is -1.31. The molecule has 3 rings (SSSR count). The number of ether oxygens (including phenoxy) is 3. The van der Waals surface area contributed by atoms with Crippen LogP contribution in [0.15, 0.2) is 60.7 Å². The Morgan fingerprint density at radius 1 is 0.769 bits per heavy atom. The highest BCUT2D eigenvalue weighted by atomic mass is 16.7. The molecule has 1 aliphatic heterocycles. The van der Waals surface area contributed by atoms with Crippen LogP contribution in [0.1, 0.15) is 11.1 Å². The van der Waals surface area contributed by atoms with E-state index in [0.717, 1.165) is 11.1 Å². The van der Waals surface area contributed by atoms with Gasteiger partial charge in [-0.15, -0.1) is 0 Å². The summed E-state index contributed by atoms with van der Waals surface area (Å²) < 4.78 is 16.9. The van der Waals surface area contributed by atoms with Crippen molar-refractivity contribution in [1.82, 2.24) is 0 Å². The van der Waals surface area contributed by atoms with E-state index in [2.05, 4.69) is 0 Å². The Morgan fingerprint density at radius 3 is 1.77 bits per heavy atom. The lowest BCUT2D eigenvalue weighted by molar-refractivity contribution is -0.307. The van der Waals surface area contributed by atoms with Gasteiger partial charge in [0, 0.05) is 0 Å². The van der Waals surface area contributed by atoms with Crippen LogP contribution >= 0.6 is 0 Å². The van der Waals surface area contributed by atoms with Gasteiger partial charge in [0.25, 0.3) is 0 Å². The van der Waals surface area contributed by atoms with E-state index in [1.54, 1.807) is 0 Å². The van der Waals surface area contributed by atoms with Gasteiger partial charge in [0.2, 0.25) is 0 Å². The van der Waals surface area contributed by atoms with Crippen molar-refractivity contribution in [2.75, 3.05) is 6.61 Å². The van der Waals surface area contributed by atoms with E-state index in [-0.39, 0.29) is 13.2 Å². The molecule has 0 unspecified atom stereocenters. The van der Waals surface area contributed by atoms with Gasteiger partial charge in [-0.3, -0.25) is 0 Å². The normalized spacial score (nSPS) is 28.8. The van der Waals surface area contributed by atoms with Crippen LogP contribution < -0.4 is 0 Å². The minimum absolute atomic E-state index is 0.244. The summed E-state index contributed by atoms with van der Waals surface area (Å²) in [6, 6.07) is 19.0. The zero-order chi connectivity index (χ0) is 18.4. The zero-order valence-electron chi connectivity index (χ0n) is 14.3. The molecule has 0 radical (unpaired) electrons. The van der Waals surface area contributed by atoms with Crippen LogP contribution in [-0.2, 0) is 27.4 Å². The number of benzene rings is 2. The molecule has 1 heterocycles. The summed E-state index contributed by atoms with van der Waals surface area (Å²) in [4.78, 5) is 0. The number of rotatable bonds is 7. The smallest absolute Gasteiger partial charge is 0.184 e. The molecule has 0 aromatic heterocycles. The third-order valence-electron chi connectivity index (χ3n) is 4.39. The fourth-order valence-corrected chi connectivity index (χ4v) is 2.96. The zero-order valence-corrected chi connectivity index (χ0v) is 14.3. The molecule has 3 N–H and O–H groups in total. The lowest BCUT2D eigenvalue weighted by Crippen LogP contribution is -2.60. The van der Waals surface area contributed by atoms with Gasteiger partial charge in [0.05, 0.1) is 19.8 Å². The number of aliphatic hydroxyl groups is 3. The fourth-order valence-electron chi connectivity index (χ4n) is 2.96. The summed E-state index contributed by atoms with van der Waals surface area (Å²) in [5.74, 6) is 0. The van der Waals surface area contributed by atoms with Gasteiger partial charge in [-0.05, 0) is 11.1 Å². The molecular weight excluding hydrogens is 336 g/mol. The number of hydrogen-bond donors (Lipinski definition) is 3. The van der Waals surface area contributed by atoms with Crippen molar-refractivity contribution in [3.63, 3.8) is 0 Å². The van der Waals surface area contributed by atoms with Crippen molar-refractivity contribution in [1.29, 1.82) is 0 Å². The third-order valence-corrected chi connectivity index (χ3v) is 4.39. The fraction of sp³-hybridized carbons (Fsp3) is 0.400. The summed E-state index contributed by atoms with van der Waals surface area (Å²) in [7, 11) is 0. The first-order valence-corrected chi connectivity index (χ1v) is 8.62. The molecule has 0 amide bonds. The van der Waals surface area contributed by atoms with Crippen molar-refractivity contribution < 1.29 is 29.5 Å². The van der Waals surface area contributed by atoms with Crippen LogP contribution in [0.5, 0.6) is 0 Å². The van der Waals surface area contributed by atoms with Crippen molar-refractivity contribution in [3.8, 4) is 0 Å². The average molecular weight is 360 g/mol. The SMILES string of the molecule is OC[C@H]1O[C@H](O)[C@@H](OCc2ccccc2)[C@H](OCc2ccccc2)[C@@H]1O. The summed E-state index contributed by atoms with van der Waals surface area (Å²) in [5, 5.41) is 30.2. The first-order chi connectivity index (χ1) is 12.7. The van der Waals surface area contributed by atoms with Gasteiger partial charge >= 0.3 is 0 Å². The van der Waals surface area contributed by atoms with E-state index >= 15 is 0 Å². The van der Waals surface area contributed by atoms with E-state index in [4.69, 9.17) is 14.2 Å². The predicted molar refractivity (Wildman–Crippen MR) is 94.0 cm³/mol. The second-order valence-corrected chi connectivity index (χ2v) is 6.26. The first kappa shape index (κ1) is 19.0. The molecule has 1 saturated heterocycles. The molecule has 140 valence electrons. The Bertz CT molecular complexity index is 650. The van der Waals surface area contributed by atoms with Gasteiger partial charge in [0.1, 0.15) is 24.4 Å². The van der Waals surface area contributed by atoms with E-state index in [1.807, 2.05) is 60.7 Å². The standard InChI is InChI=1S/C20H24O6/c21-11-16-17(22)18(24-12-14-7-3-1-4-8-14)19(20(23)26-16)25-13-15-9-5-2-6-10-15/h1-10,16-23H,11-13H2/t16-,17-,18-,19+,20+/m1/s1. The molecule has 26 heavy (non-hydrogen) atoms. The van der Waals surface area contributed by atoms with Crippen molar-refractivity contribution >= 4 is 0 Å². The summed E-state index contributed by atoms with van der Waals surface area (Å²) in [5.41, 5.74) is 1.86. The summed E-state index contributed by atoms with van der Waals surface area (Å²) >= 11 is 0. The summed E-state index contributed by atoms with van der Waals surface area (Å²) in [6.45, 7) is 0.0705. The van der Waals surface area contributed by atoms with Crippen LogP contribution in [0, 0.1) is 0 Å². The Morgan fingerprint density at radius 2 is 1.27 bits per heavy atom.